The summed E-state index contributed by atoms with van der Waals surface area (Å²) in [7, 11) is -4.02. The number of rotatable bonds is 2. The fourth-order valence-corrected chi connectivity index (χ4v) is 3.78. The van der Waals surface area contributed by atoms with Crippen molar-refractivity contribution in [2.75, 3.05) is 13.1 Å². The van der Waals surface area contributed by atoms with Crippen molar-refractivity contribution in [3.8, 4) is 6.07 Å². The lowest BCUT2D eigenvalue weighted by molar-refractivity contribution is -0.137. The largest absolute Gasteiger partial charge is 0.417 e. The quantitative estimate of drug-likeness (QED) is 0.864. The Labute approximate surface area is 138 Å². The molecule has 2 rings (SSSR count). The van der Waals surface area contributed by atoms with Crippen LogP contribution in [-0.4, -0.2) is 31.9 Å². The lowest BCUT2D eigenvalue weighted by Crippen LogP contribution is -2.42. The van der Waals surface area contributed by atoms with Crippen molar-refractivity contribution < 1.29 is 21.6 Å². The summed E-state index contributed by atoms with van der Waals surface area (Å²) in [5.41, 5.74) is 3.84. The summed E-state index contributed by atoms with van der Waals surface area (Å²) in [4.78, 5) is -0.464. The van der Waals surface area contributed by atoms with E-state index in [1.54, 1.807) is 0 Å². The van der Waals surface area contributed by atoms with E-state index in [2.05, 4.69) is 0 Å². The minimum atomic E-state index is -4.79. The molecule has 10 heteroatoms. The highest BCUT2D eigenvalue weighted by Gasteiger charge is 2.36. The number of hydrogen-bond donors (Lipinski definition) is 1. The maximum absolute atomic E-state index is 12.9. The third kappa shape index (κ3) is 4.14. The Morgan fingerprint density at radius 2 is 1.83 bits per heavy atom. The second kappa shape index (κ2) is 7.05. The maximum Gasteiger partial charge on any atom is 0.417 e. The standard InChI is InChI=1S/C13H14F3N3O2S.ClH/c14-13(15,16)12-7-11(2-1-9(12)8-17)22(20,21)19-5-3-10(18)4-6-19;/h1-2,7,10H,3-6,18H2;1H. The van der Waals surface area contributed by atoms with Crippen LogP contribution in [0.3, 0.4) is 0 Å². The minimum absolute atomic E-state index is 0. The highest BCUT2D eigenvalue weighted by molar-refractivity contribution is 7.89. The number of halogens is 4. The van der Waals surface area contributed by atoms with Crippen LogP contribution in [0.1, 0.15) is 24.0 Å². The van der Waals surface area contributed by atoms with Gasteiger partial charge in [-0.05, 0) is 31.0 Å². The van der Waals surface area contributed by atoms with Crippen LogP contribution >= 0.6 is 12.4 Å². The Morgan fingerprint density at radius 3 is 2.30 bits per heavy atom. The Bertz CT molecular complexity index is 708. The van der Waals surface area contributed by atoms with Gasteiger partial charge in [-0.25, -0.2) is 8.42 Å². The zero-order valence-corrected chi connectivity index (χ0v) is 13.5. The highest BCUT2D eigenvalue weighted by atomic mass is 35.5. The van der Waals surface area contributed by atoms with E-state index in [1.165, 1.54) is 6.07 Å². The first kappa shape index (κ1) is 19.7. The Kier molecular flexibility index (Phi) is 6.04. The van der Waals surface area contributed by atoms with E-state index in [-0.39, 0.29) is 31.5 Å². The van der Waals surface area contributed by atoms with E-state index in [0.717, 1.165) is 16.4 Å². The topological polar surface area (TPSA) is 87.2 Å². The van der Waals surface area contributed by atoms with Gasteiger partial charge in [-0.15, -0.1) is 12.4 Å². The van der Waals surface area contributed by atoms with Gasteiger partial charge in [0, 0.05) is 19.1 Å². The number of hydrogen-bond acceptors (Lipinski definition) is 4. The molecule has 0 radical (unpaired) electrons. The lowest BCUT2D eigenvalue weighted by atomic mass is 10.1. The molecule has 0 saturated carbocycles. The van der Waals surface area contributed by atoms with Gasteiger partial charge in [0.05, 0.1) is 22.1 Å². The molecule has 5 nitrogen and oxygen atoms in total. The van der Waals surface area contributed by atoms with Crippen LogP contribution in [0, 0.1) is 11.3 Å². The minimum Gasteiger partial charge on any atom is -0.328 e. The Balaban J connectivity index is 0.00000264. The zero-order valence-electron chi connectivity index (χ0n) is 11.9. The van der Waals surface area contributed by atoms with Gasteiger partial charge >= 0.3 is 6.18 Å². The average Bonchev–Trinajstić information content (AvgIpc) is 2.46. The summed E-state index contributed by atoms with van der Waals surface area (Å²) in [5.74, 6) is 0. The SMILES string of the molecule is Cl.N#Cc1ccc(S(=O)(=O)N2CCC(N)CC2)cc1C(F)(F)F. The summed E-state index contributed by atoms with van der Waals surface area (Å²) in [6, 6.07) is 3.74. The zero-order chi connectivity index (χ0) is 16.5. The molecular formula is C13H15ClF3N3O2S. The van der Waals surface area contributed by atoms with Gasteiger partial charge in [-0.1, -0.05) is 0 Å². The van der Waals surface area contributed by atoms with Crippen molar-refractivity contribution in [3.05, 3.63) is 29.3 Å². The third-order valence-corrected chi connectivity index (χ3v) is 5.45. The van der Waals surface area contributed by atoms with Crippen LogP contribution in [0.2, 0.25) is 0 Å². The summed E-state index contributed by atoms with van der Waals surface area (Å²) < 4.78 is 64.7. The molecule has 128 valence electrons. The van der Waals surface area contributed by atoms with E-state index in [9.17, 15) is 21.6 Å². The summed E-state index contributed by atoms with van der Waals surface area (Å²) >= 11 is 0. The predicted octanol–water partition coefficient (Wildman–Crippen LogP) is 2.11. The number of nitrogens with zero attached hydrogens (tertiary/aromatic N) is 2. The molecule has 0 amide bonds. The molecule has 1 aromatic rings. The van der Waals surface area contributed by atoms with Gasteiger partial charge in [0.1, 0.15) is 0 Å². The third-order valence-electron chi connectivity index (χ3n) is 3.55. The van der Waals surface area contributed by atoms with Crippen LogP contribution in [-0.2, 0) is 16.2 Å². The Hall–Kier alpha value is -1.34. The molecule has 0 spiro atoms. The summed E-state index contributed by atoms with van der Waals surface area (Å²) in [6.45, 7) is 0.343. The molecule has 0 bridgehead atoms. The number of benzene rings is 1. The molecule has 0 unspecified atom stereocenters. The number of sulfonamides is 1. The smallest absolute Gasteiger partial charge is 0.328 e. The first-order valence-electron chi connectivity index (χ1n) is 6.53. The molecule has 1 aromatic carbocycles. The first-order chi connectivity index (χ1) is 10.2. The molecule has 23 heavy (non-hydrogen) atoms. The van der Waals surface area contributed by atoms with Crippen LogP contribution in [0.15, 0.2) is 23.1 Å². The molecule has 0 aromatic heterocycles. The number of piperidine rings is 1. The van der Waals surface area contributed by atoms with Gasteiger partial charge in [0.15, 0.2) is 0 Å². The average molecular weight is 370 g/mol. The molecular weight excluding hydrogens is 355 g/mol. The second-order valence-corrected chi connectivity index (χ2v) is 7.00. The van der Waals surface area contributed by atoms with Crippen molar-refractivity contribution in [1.82, 2.24) is 4.31 Å². The molecule has 0 atom stereocenters. The van der Waals surface area contributed by atoms with Gasteiger partial charge in [-0.2, -0.15) is 22.7 Å². The van der Waals surface area contributed by atoms with Crippen LogP contribution < -0.4 is 5.73 Å². The molecule has 1 aliphatic heterocycles. The van der Waals surface area contributed by atoms with Crippen LogP contribution in [0.5, 0.6) is 0 Å². The predicted molar refractivity (Wildman–Crippen MR) is 79.4 cm³/mol. The molecule has 2 N–H and O–H groups in total. The second-order valence-electron chi connectivity index (χ2n) is 5.06. The fraction of sp³-hybridized carbons (Fsp3) is 0.462. The highest BCUT2D eigenvalue weighted by Crippen LogP contribution is 2.34. The fourth-order valence-electron chi connectivity index (χ4n) is 2.28. The van der Waals surface area contributed by atoms with Gasteiger partial charge in [0.25, 0.3) is 0 Å². The van der Waals surface area contributed by atoms with Gasteiger partial charge in [0.2, 0.25) is 10.0 Å². The molecule has 1 aliphatic rings. The van der Waals surface area contributed by atoms with Crippen molar-refractivity contribution in [2.45, 2.75) is 30.0 Å². The van der Waals surface area contributed by atoms with Gasteiger partial charge < -0.3 is 5.73 Å². The van der Waals surface area contributed by atoms with Gasteiger partial charge in [-0.3, -0.25) is 0 Å². The van der Waals surface area contributed by atoms with Crippen LogP contribution in [0.25, 0.3) is 0 Å². The number of alkyl halides is 3. The van der Waals surface area contributed by atoms with E-state index in [0.29, 0.717) is 18.9 Å². The Morgan fingerprint density at radius 1 is 1.26 bits per heavy atom. The number of nitrogens with two attached hydrogens (primary N) is 1. The molecule has 0 aliphatic carbocycles. The molecule has 1 heterocycles. The number of nitriles is 1. The van der Waals surface area contributed by atoms with E-state index in [4.69, 9.17) is 11.0 Å². The first-order valence-corrected chi connectivity index (χ1v) is 7.97. The van der Waals surface area contributed by atoms with Crippen molar-refractivity contribution in [1.29, 1.82) is 5.26 Å². The van der Waals surface area contributed by atoms with E-state index < -0.39 is 32.2 Å². The molecule has 1 saturated heterocycles. The van der Waals surface area contributed by atoms with Crippen molar-refractivity contribution in [2.24, 2.45) is 5.73 Å². The van der Waals surface area contributed by atoms with E-state index in [1.807, 2.05) is 0 Å². The maximum atomic E-state index is 12.9. The van der Waals surface area contributed by atoms with E-state index >= 15 is 0 Å². The van der Waals surface area contributed by atoms with Crippen molar-refractivity contribution >= 4 is 22.4 Å². The molecule has 1 fully saturated rings. The monoisotopic (exact) mass is 369 g/mol. The van der Waals surface area contributed by atoms with Crippen molar-refractivity contribution in [3.63, 3.8) is 0 Å². The lowest BCUT2D eigenvalue weighted by Gasteiger charge is -2.29. The summed E-state index contributed by atoms with van der Waals surface area (Å²) in [6.07, 6.45) is -3.87. The van der Waals surface area contributed by atoms with Crippen LogP contribution in [0.4, 0.5) is 13.2 Å². The normalized spacial score (nSPS) is 17.3. The summed E-state index contributed by atoms with van der Waals surface area (Å²) in [5, 5.41) is 8.73.